The van der Waals surface area contributed by atoms with Crippen molar-refractivity contribution in [1.29, 1.82) is 0 Å². The second-order valence-corrected chi connectivity index (χ2v) is 10.7. The minimum atomic E-state index is -0.148. The highest BCUT2D eigenvalue weighted by atomic mass is 16.5. The number of hydrogen-bond acceptors (Lipinski definition) is 4. The van der Waals surface area contributed by atoms with Gasteiger partial charge in [-0.15, -0.1) is 0 Å². The van der Waals surface area contributed by atoms with E-state index in [9.17, 15) is 9.59 Å². The summed E-state index contributed by atoms with van der Waals surface area (Å²) in [5.41, 5.74) is 1.65. The lowest BCUT2D eigenvalue weighted by atomic mass is 9.90. The van der Waals surface area contributed by atoms with Crippen LogP contribution in [0.5, 0.6) is 11.5 Å². The molecule has 1 saturated carbocycles. The highest BCUT2D eigenvalue weighted by Crippen LogP contribution is 2.31. The molecule has 1 aliphatic carbocycles. The third-order valence-electron chi connectivity index (χ3n) is 7.84. The number of rotatable bonds is 5. The van der Waals surface area contributed by atoms with Crippen molar-refractivity contribution in [3.05, 3.63) is 59.7 Å². The average Bonchev–Trinajstić information content (AvgIpc) is 2.94. The van der Waals surface area contributed by atoms with Gasteiger partial charge in [-0.2, -0.15) is 0 Å². The molecular weight excluding hydrogens is 476 g/mol. The van der Waals surface area contributed by atoms with Crippen LogP contribution in [-0.2, 0) is 4.79 Å². The molecule has 206 valence electrons. The van der Waals surface area contributed by atoms with Gasteiger partial charge in [-0.25, -0.2) is 0 Å². The van der Waals surface area contributed by atoms with Crippen molar-refractivity contribution in [2.75, 3.05) is 26.2 Å². The Morgan fingerprint density at radius 2 is 1.63 bits per heavy atom. The highest BCUT2D eigenvalue weighted by Gasteiger charge is 2.35. The molecule has 1 aliphatic heterocycles. The van der Waals surface area contributed by atoms with Gasteiger partial charge in [-0.3, -0.25) is 9.59 Å². The molecule has 1 heterocycles. The lowest BCUT2D eigenvalue weighted by molar-refractivity contribution is -0.139. The Hall–Kier alpha value is -3.02. The minimum absolute atomic E-state index is 0.0107. The van der Waals surface area contributed by atoms with Crippen LogP contribution < -0.4 is 9.47 Å². The number of fused-ring (bicyclic) bond motifs is 2. The van der Waals surface area contributed by atoms with Crippen LogP contribution in [0.1, 0.15) is 87.1 Å². The predicted octanol–water partition coefficient (Wildman–Crippen LogP) is 6.41. The molecule has 0 saturated heterocycles. The summed E-state index contributed by atoms with van der Waals surface area (Å²) < 4.78 is 12.6. The van der Waals surface area contributed by atoms with E-state index >= 15 is 0 Å². The predicted molar refractivity (Wildman–Crippen MR) is 151 cm³/mol. The average molecular weight is 521 g/mol. The summed E-state index contributed by atoms with van der Waals surface area (Å²) in [6, 6.07) is 15.4. The molecule has 2 aromatic rings. The third kappa shape index (κ3) is 7.30. The van der Waals surface area contributed by atoms with Gasteiger partial charge in [0.2, 0.25) is 0 Å². The zero-order valence-corrected chi connectivity index (χ0v) is 23.2. The van der Waals surface area contributed by atoms with E-state index in [1.54, 1.807) is 0 Å². The van der Waals surface area contributed by atoms with Gasteiger partial charge in [-0.1, -0.05) is 62.9 Å². The Kier molecular flexibility index (Phi) is 10.5. The first kappa shape index (κ1) is 28.0. The number of nitrogens with zero attached hydrogens (tertiary/aromatic N) is 2. The van der Waals surface area contributed by atoms with Gasteiger partial charge in [0, 0.05) is 19.6 Å². The van der Waals surface area contributed by atoms with Crippen LogP contribution in [0.15, 0.2) is 48.5 Å². The molecule has 38 heavy (non-hydrogen) atoms. The Morgan fingerprint density at radius 3 is 2.45 bits per heavy atom. The first-order valence-electron chi connectivity index (χ1n) is 14.6. The summed E-state index contributed by atoms with van der Waals surface area (Å²) >= 11 is 0. The molecule has 2 amide bonds. The fraction of sp³-hybridized carbons (Fsp3) is 0.562. The third-order valence-corrected chi connectivity index (χ3v) is 7.84. The van der Waals surface area contributed by atoms with Crippen molar-refractivity contribution >= 4 is 11.8 Å². The van der Waals surface area contributed by atoms with Gasteiger partial charge in [0.25, 0.3) is 11.8 Å². The number of ether oxygens (including phenoxy) is 2. The van der Waals surface area contributed by atoms with Gasteiger partial charge < -0.3 is 19.3 Å². The quantitative estimate of drug-likeness (QED) is 0.457. The van der Waals surface area contributed by atoms with Crippen molar-refractivity contribution in [3.8, 4) is 11.5 Å². The van der Waals surface area contributed by atoms with Crippen LogP contribution in [0.2, 0.25) is 0 Å². The smallest absolute Gasteiger partial charge is 0.260 e. The number of amides is 2. The topological polar surface area (TPSA) is 59.1 Å². The maximum atomic E-state index is 13.6. The second-order valence-electron chi connectivity index (χ2n) is 10.7. The fourth-order valence-corrected chi connectivity index (χ4v) is 5.77. The number of hydrogen-bond donors (Lipinski definition) is 0. The molecule has 0 unspecified atom stereocenters. The number of para-hydroxylation sites is 2. The van der Waals surface area contributed by atoms with Gasteiger partial charge in [0.15, 0.2) is 6.61 Å². The molecule has 1 fully saturated rings. The van der Waals surface area contributed by atoms with Crippen LogP contribution in [0.4, 0.5) is 0 Å². The van der Waals surface area contributed by atoms with Crippen molar-refractivity contribution < 1.29 is 19.1 Å². The van der Waals surface area contributed by atoms with E-state index in [-0.39, 0.29) is 30.6 Å². The Morgan fingerprint density at radius 1 is 0.921 bits per heavy atom. The second kappa shape index (κ2) is 14.2. The maximum absolute atomic E-state index is 13.6. The standard InChI is InChI=1S/C32H44N2O4/c1-3-21-33-22-13-5-4-6-14-23-34(31(35)24-37-28-18-10-7-15-25(28)2)27-17-9-12-20-30(27)38-29-19-11-8-16-26(29)32(33)36/h7-8,10-11,15-16,18-19,27,30H,3-6,9,12-14,17,20-24H2,1-2H3/t27-,30+/m1/s1. The molecule has 2 aromatic carbocycles. The summed E-state index contributed by atoms with van der Waals surface area (Å²) in [5.74, 6) is 1.44. The molecule has 0 aromatic heterocycles. The highest BCUT2D eigenvalue weighted by molar-refractivity contribution is 5.97. The minimum Gasteiger partial charge on any atom is -0.487 e. The molecule has 6 heteroatoms. The normalized spacial score (nSPS) is 21.4. The van der Waals surface area contributed by atoms with Gasteiger partial charge in [0.05, 0.1) is 11.6 Å². The lowest BCUT2D eigenvalue weighted by Gasteiger charge is -2.40. The molecule has 4 rings (SSSR count). The van der Waals surface area contributed by atoms with E-state index in [4.69, 9.17) is 9.47 Å². The number of aryl methyl sites for hydroxylation is 1. The first-order chi connectivity index (χ1) is 18.6. The van der Waals surface area contributed by atoms with E-state index in [0.717, 1.165) is 88.6 Å². The molecule has 0 radical (unpaired) electrons. The molecule has 0 bridgehead atoms. The Bertz CT molecular complexity index is 1060. The van der Waals surface area contributed by atoms with Crippen molar-refractivity contribution in [1.82, 2.24) is 9.80 Å². The SMILES string of the molecule is CCCN1CCCCCCCN(C(=O)COc2ccccc2C)[C@@H]2CCCC[C@@H]2Oc2ccccc2C1=O. The van der Waals surface area contributed by atoms with Crippen LogP contribution in [0.3, 0.4) is 0 Å². The van der Waals surface area contributed by atoms with E-state index in [1.165, 1.54) is 0 Å². The van der Waals surface area contributed by atoms with E-state index in [0.29, 0.717) is 17.9 Å². The molecular formula is C32H44N2O4. The van der Waals surface area contributed by atoms with Crippen LogP contribution >= 0.6 is 0 Å². The van der Waals surface area contributed by atoms with Gasteiger partial charge >= 0.3 is 0 Å². The van der Waals surface area contributed by atoms with E-state index in [2.05, 4.69) is 6.92 Å². The molecule has 2 atom stereocenters. The van der Waals surface area contributed by atoms with Crippen molar-refractivity contribution in [2.24, 2.45) is 0 Å². The zero-order chi connectivity index (χ0) is 26.7. The largest absolute Gasteiger partial charge is 0.487 e. The zero-order valence-electron chi connectivity index (χ0n) is 23.2. The first-order valence-corrected chi connectivity index (χ1v) is 14.6. The fourth-order valence-electron chi connectivity index (χ4n) is 5.77. The summed E-state index contributed by atoms with van der Waals surface area (Å²) in [7, 11) is 0. The molecule has 0 spiro atoms. The van der Waals surface area contributed by atoms with Crippen LogP contribution in [0.25, 0.3) is 0 Å². The molecule has 2 aliphatic rings. The molecule has 6 nitrogen and oxygen atoms in total. The van der Waals surface area contributed by atoms with Crippen LogP contribution in [-0.4, -0.2) is 60.0 Å². The van der Waals surface area contributed by atoms with Crippen molar-refractivity contribution in [3.63, 3.8) is 0 Å². The number of benzene rings is 2. The summed E-state index contributed by atoms with van der Waals surface area (Å²) in [6.07, 6.45) is 9.90. The van der Waals surface area contributed by atoms with Crippen LogP contribution in [0, 0.1) is 6.92 Å². The summed E-state index contributed by atoms with van der Waals surface area (Å²) in [5, 5.41) is 0. The van der Waals surface area contributed by atoms with Gasteiger partial charge in [0.1, 0.15) is 17.6 Å². The van der Waals surface area contributed by atoms with E-state index in [1.807, 2.05) is 65.3 Å². The number of carbonyl (C=O) groups excluding carboxylic acids is 2. The maximum Gasteiger partial charge on any atom is 0.260 e. The van der Waals surface area contributed by atoms with Crippen molar-refractivity contribution in [2.45, 2.75) is 90.2 Å². The Labute approximate surface area is 228 Å². The Balaban J connectivity index is 1.58. The van der Waals surface area contributed by atoms with Gasteiger partial charge in [-0.05, 0) is 69.2 Å². The lowest BCUT2D eigenvalue weighted by Crippen LogP contribution is -2.52. The monoisotopic (exact) mass is 520 g/mol. The number of carbonyl (C=O) groups is 2. The summed E-state index contributed by atoms with van der Waals surface area (Å²) in [4.78, 5) is 31.2. The molecule has 0 N–H and O–H groups in total. The summed E-state index contributed by atoms with van der Waals surface area (Å²) in [6.45, 7) is 6.37. The van der Waals surface area contributed by atoms with E-state index < -0.39 is 0 Å².